The Morgan fingerprint density at radius 2 is 1.96 bits per heavy atom. The lowest BCUT2D eigenvalue weighted by molar-refractivity contribution is 0.408. The largest absolute Gasteiger partial charge is 0.304 e. The zero-order valence-corrected chi connectivity index (χ0v) is 16.6. The van der Waals surface area contributed by atoms with Crippen LogP contribution >= 0.6 is 0 Å². The lowest BCUT2D eigenvalue weighted by Gasteiger charge is -2.22. The standard InChI is InChI=1S/C22H27N3O/c1-13-11-22(5,6)18-17(13)20(26)24-19-15-7-9-23-16(12-21(2,3)4)14(15)8-10-25(18)19/h7-10,13H,11-12H2,1-6H3. The molecule has 0 amide bonds. The van der Waals surface area contributed by atoms with Crippen LogP contribution in [-0.4, -0.2) is 14.4 Å². The minimum absolute atomic E-state index is 0.0330. The Bertz CT molecular complexity index is 1090. The lowest BCUT2D eigenvalue weighted by Crippen LogP contribution is -2.23. The van der Waals surface area contributed by atoms with E-state index >= 15 is 0 Å². The van der Waals surface area contributed by atoms with Crippen LogP contribution < -0.4 is 5.56 Å². The van der Waals surface area contributed by atoms with E-state index in [-0.39, 0.29) is 22.3 Å². The zero-order valence-electron chi connectivity index (χ0n) is 16.6. The Morgan fingerprint density at radius 1 is 1.23 bits per heavy atom. The number of hydrogen-bond acceptors (Lipinski definition) is 3. The highest BCUT2D eigenvalue weighted by Crippen LogP contribution is 2.44. The van der Waals surface area contributed by atoms with Crippen molar-refractivity contribution in [3.05, 3.63) is 51.8 Å². The predicted octanol–water partition coefficient (Wildman–Crippen LogP) is 4.62. The molecule has 1 aliphatic carbocycles. The van der Waals surface area contributed by atoms with E-state index in [0.717, 1.165) is 46.2 Å². The van der Waals surface area contributed by atoms with E-state index in [2.05, 4.69) is 68.2 Å². The molecule has 3 aromatic rings. The molecule has 0 aliphatic heterocycles. The predicted molar refractivity (Wildman–Crippen MR) is 106 cm³/mol. The summed E-state index contributed by atoms with van der Waals surface area (Å²) >= 11 is 0. The van der Waals surface area contributed by atoms with Gasteiger partial charge in [-0.05, 0) is 36.3 Å². The smallest absolute Gasteiger partial charge is 0.276 e. The van der Waals surface area contributed by atoms with Crippen molar-refractivity contribution in [1.29, 1.82) is 0 Å². The third-order valence-corrected chi connectivity index (χ3v) is 5.51. The van der Waals surface area contributed by atoms with Gasteiger partial charge >= 0.3 is 0 Å². The van der Waals surface area contributed by atoms with Gasteiger partial charge in [0.1, 0.15) is 5.65 Å². The summed E-state index contributed by atoms with van der Waals surface area (Å²) < 4.78 is 2.14. The molecule has 0 aromatic carbocycles. The van der Waals surface area contributed by atoms with Gasteiger partial charge in [0, 0.05) is 45.5 Å². The van der Waals surface area contributed by atoms with Crippen LogP contribution in [0.5, 0.6) is 0 Å². The molecule has 136 valence electrons. The Balaban J connectivity index is 2.09. The minimum Gasteiger partial charge on any atom is -0.304 e. The maximum atomic E-state index is 12.8. The molecular formula is C22H27N3O. The van der Waals surface area contributed by atoms with Crippen molar-refractivity contribution < 1.29 is 0 Å². The molecule has 1 atom stereocenters. The molecule has 4 nitrogen and oxygen atoms in total. The Kier molecular flexibility index (Phi) is 3.56. The molecule has 4 rings (SSSR count). The third-order valence-electron chi connectivity index (χ3n) is 5.51. The average molecular weight is 349 g/mol. The highest BCUT2D eigenvalue weighted by atomic mass is 16.1. The fourth-order valence-corrected chi connectivity index (χ4v) is 4.67. The van der Waals surface area contributed by atoms with Crippen molar-refractivity contribution in [3.63, 3.8) is 0 Å². The molecule has 1 aliphatic rings. The number of aromatic nitrogens is 3. The van der Waals surface area contributed by atoms with Crippen molar-refractivity contribution in [2.45, 2.75) is 65.7 Å². The molecule has 0 bridgehead atoms. The molecule has 0 saturated heterocycles. The molecule has 0 fully saturated rings. The molecule has 3 aromatic heterocycles. The van der Waals surface area contributed by atoms with E-state index in [1.807, 2.05) is 12.3 Å². The van der Waals surface area contributed by atoms with E-state index in [1.54, 1.807) is 0 Å². The quantitative estimate of drug-likeness (QED) is 0.603. The van der Waals surface area contributed by atoms with Gasteiger partial charge in [-0.1, -0.05) is 41.5 Å². The molecule has 26 heavy (non-hydrogen) atoms. The van der Waals surface area contributed by atoms with Crippen molar-refractivity contribution in [2.75, 3.05) is 0 Å². The summed E-state index contributed by atoms with van der Waals surface area (Å²) in [5, 5.41) is 2.11. The topological polar surface area (TPSA) is 47.3 Å². The molecule has 3 heterocycles. The zero-order chi connectivity index (χ0) is 18.9. The van der Waals surface area contributed by atoms with Crippen LogP contribution in [0, 0.1) is 5.41 Å². The van der Waals surface area contributed by atoms with Crippen LogP contribution in [0.15, 0.2) is 29.3 Å². The summed E-state index contributed by atoms with van der Waals surface area (Å²) in [7, 11) is 0. The number of fused-ring (bicyclic) bond motifs is 5. The Labute approximate surface area is 154 Å². The summed E-state index contributed by atoms with van der Waals surface area (Å²) in [6.45, 7) is 13.2. The fourth-order valence-electron chi connectivity index (χ4n) is 4.67. The van der Waals surface area contributed by atoms with E-state index in [1.165, 1.54) is 0 Å². The summed E-state index contributed by atoms with van der Waals surface area (Å²) in [6, 6.07) is 4.13. The normalized spacial score (nSPS) is 19.2. The van der Waals surface area contributed by atoms with Crippen molar-refractivity contribution in [3.8, 4) is 0 Å². The van der Waals surface area contributed by atoms with Gasteiger partial charge in [-0.25, -0.2) is 0 Å². The van der Waals surface area contributed by atoms with Crippen molar-refractivity contribution in [1.82, 2.24) is 14.4 Å². The van der Waals surface area contributed by atoms with E-state index in [0.29, 0.717) is 0 Å². The van der Waals surface area contributed by atoms with Crippen LogP contribution in [0.25, 0.3) is 16.4 Å². The van der Waals surface area contributed by atoms with Gasteiger partial charge in [0.05, 0.1) is 0 Å². The molecule has 4 heteroatoms. The first kappa shape index (κ1) is 17.2. The molecule has 0 spiro atoms. The second-order valence-corrected chi connectivity index (χ2v) is 9.63. The third kappa shape index (κ3) is 2.54. The Hall–Kier alpha value is -2.23. The monoisotopic (exact) mass is 349 g/mol. The van der Waals surface area contributed by atoms with Crippen molar-refractivity contribution in [2.24, 2.45) is 5.41 Å². The molecule has 1 unspecified atom stereocenters. The second kappa shape index (κ2) is 5.38. The maximum Gasteiger partial charge on any atom is 0.276 e. The van der Waals surface area contributed by atoms with Gasteiger partial charge in [-0.15, -0.1) is 0 Å². The first-order valence-corrected chi connectivity index (χ1v) is 9.42. The van der Waals surface area contributed by atoms with Gasteiger partial charge in [0.15, 0.2) is 0 Å². The van der Waals surface area contributed by atoms with E-state index in [9.17, 15) is 4.79 Å². The molecule has 0 saturated carbocycles. The number of pyridine rings is 2. The van der Waals surface area contributed by atoms with Crippen LogP contribution in [-0.2, 0) is 11.8 Å². The summed E-state index contributed by atoms with van der Waals surface area (Å²) in [4.78, 5) is 22.0. The number of hydrogen-bond donors (Lipinski definition) is 0. The van der Waals surface area contributed by atoms with Gasteiger partial charge < -0.3 is 4.40 Å². The van der Waals surface area contributed by atoms with Crippen LogP contribution in [0.2, 0.25) is 0 Å². The van der Waals surface area contributed by atoms with Crippen molar-refractivity contribution >= 4 is 16.4 Å². The van der Waals surface area contributed by atoms with E-state index < -0.39 is 0 Å². The summed E-state index contributed by atoms with van der Waals surface area (Å²) in [5.74, 6) is 0.251. The minimum atomic E-state index is -0.0697. The number of rotatable bonds is 1. The second-order valence-electron chi connectivity index (χ2n) is 9.63. The lowest BCUT2D eigenvalue weighted by atomic mass is 9.88. The molecule has 0 radical (unpaired) electrons. The van der Waals surface area contributed by atoms with Crippen LogP contribution in [0.3, 0.4) is 0 Å². The van der Waals surface area contributed by atoms with Gasteiger partial charge in [-0.3, -0.25) is 9.78 Å². The summed E-state index contributed by atoms with van der Waals surface area (Å²) in [5.41, 5.74) is 3.88. The van der Waals surface area contributed by atoms with Crippen LogP contribution in [0.4, 0.5) is 0 Å². The summed E-state index contributed by atoms with van der Waals surface area (Å²) in [6.07, 6.45) is 5.79. The number of nitrogens with zero attached hydrogens (tertiary/aromatic N) is 3. The SMILES string of the molecule is CC1CC(C)(C)c2c1c(=O)nc1c3ccnc(CC(C)(C)C)c3ccn21. The van der Waals surface area contributed by atoms with Gasteiger partial charge in [0.2, 0.25) is 0 Å². The van der Waals surface area contributed by atoms with Crippen LogP contribution in [0.1, 0.15) is 70.8 Å². The first-order chi connectivity index (χ1) is 12.1. The maximum absolute atomic E-state index is 12.8. The van der Waals surface area contributed by atoms with E-state index in [4.69, 9.17) is 0 Å². The molecular weight excluding hydrogens is 322 g/mol. The average Bonchev–Trinajstić information content (AvgIpc) is 2.76. The highest BCUT2D eigenvalue weighted by Gasteiger charge is 2.39. The van der Waals surface area contributed by atoms with Gasteiger partial charge in [-0.2, -0.15) is 4.98 Å². The molecule has 0 N–H and O–H groups in total. The Morgan fingerprint density at radius 3 is 2.65 bits per heavy atom. The first-order valence-electron chi connectivity index (χ1n) is 9.42. The fraction of sp³-hybridized carbons (Fsp3) is 0.500. The highest BCUT2D eigenvalue weighted by molar-refractivity contribution is 5.95. The van der Waals surface area contributed by atoms with Gasteiger partial charge in [0.25, 0.3) is 5.56 Å².